The first-order chi connectivity index (χ1) is 14.3. The maximum absolute atomic E-state index is 12.7. The Morgan fingerprint density at radius 1 is 1.13 bits per heavy atom. The van der Waals surface area contributed by atoms with Crippen LogP contribution >= 0.6 is 11.3 Å². The summed E-state index contributed by atoms with van der Waals surface area (Å²) in [6, 6.07) is 10.7. The van der Waals surface area contributed by atoms with E-state index in [1.165, 1.54) is 23.5 Å². The van der Waals surface area contributed by atoms with Gasteiger partial charge >= 0.3 is 6.18 Å². The third kappa shape index (κ3) is 4.29. The second-order valence-electron chi connectivity index (χ2n) is 7.04. The molecule has 2 atom stereocenters. The van der Waals surface area contributed by atoms with Crippen molar-refractivity contribution in [3.8, 4) is 10.6 Å². The molecule has 2 aromatic carbocycles. The molecule has 0 amide bonds. The molecule has 156 valence electrons. The molecule has 2 aromatic heterocycles. The Balaban J connectivity index is 1.38. The first kappa shape index (κ1) is 20.3. The lowest BCUT2D eigenvalue weighted by Gasteiger charge is -2.21. The zero-order valence-electron chi connectivity index (χ0n) is 15.9. The largest absolute Gasteiger partial charge is 0.416 e. The van der Waals surface area contributed by atoms with Crippen LogP contribution in [0.1, 0.15) is 24.0 Å². The molecule has 4 N–H and O–H groups in total. The van der Waals surface area contributed by atoms with Crippen LogP contribution in [0.5, 0.6) is 0 Å². The van der Waals surface area contributed by atoms with Crippen molar-refractivity contribution < 1.29 is 13.2 Å². The van der Waals surface area contributed by atoms with Gasteiger partial charge in [0, 0.05) is 23.5 Å². The summed E-state index contributed by atoms with van der Waals surface area (Å²) in [6.45, 7) is 2.30. The molecule has 0 bridgehead atoms. The van der Waals surface area contributed by atoms with Gasteiger partial charge in [-0.25, -0.2) is 0 Å². The Kier molecular flexibility index (Phi) is 5.44. The van der Waals surface area contributed by atoms with Gasteiger partial charge in [-0.15, -0.1) is 10.2 Å². The number of hydrogen-bond acceptors (Lipinski definition) is 6. The van der Waals surface area contributed by atoms with Crippen LogP contribution in [-0.4, -0.2) is 33.0 Å². The van der Waals surface area contributed by atoms with Crippen LogP contribution in [0.3, 0.4) is 0 Å². The highest BCUT2D eigenvalue weighted by atomic mass is 32.1. The zero-order valence-corrected chi connectivity index (χ0v) is 16.8. The van der Waals surface area contributed by atoms with Crippen LogP contribution in [0.2, 0.25) is 0 Å². The predicted octanol–water partition coefficient (Wildman–Crippen LogP) is 4.64. The summed E-state index contributed by atoms with van der Waals surface area (Å²) in [6.07, 6.45) is -2.59. The molecular formula is C20H19F3N6S. The molecular weight excluding hydrogens is 413 g/mol. The lowest BCUT2D eigenvalue weighted by Crippen LogP contribution is -2.34. The number of halogens is 3. The Morgan fingerprint density at radius 3 is 2.63 bits per heavy atom. The number of hydrogen-bond donors (Lipinski definition) is 3. The number of nitrogens with one attached hydrogen (secondary N) is 2. The van der Waals surface area contributed by atoms with Gasteiger partial charge in [0.1, 0.15) is 5.01 Å². The zero-order chi connectivity index (χ0) is 21.3. The van der Waals surface area contributed by atoms with E-state index in [0.29, 0.717) is 11.7 Å². The number of H-pyrrole nitrogens is 1. The highest BCUT2D eigenvalue weighted by Gasteiger charge is 2.30. The molecule has 4 rings (SSSR count). The van der Waals surface area contributed by atoms with Crippen LogP contribution in [-0.2, 0) is 6.18 Å². The fourth-order valence-corrected chi connectivity index (χ4v) is 3.84. The molecule has 6 nitrogen and oxygen atoms in total. The summed E-state index contributed by atoms with van der Waals surface area (Å²) >= 11 is 1.41. The number of rotatable bonds is 6. The number of nitrogens with zero attached hydrogens (tertiary/aromatic N) is 3. The standard InChI is InChI=1S/C20H19F3N6S/c1-11(12-2-5-15(6-3-12)20(21,22)23)16(24)10-25-19-29-28-18(30-19)13-4-7-17-14(8-13)9-26-27-17/h2-9,11,16H,10,24H2,1H3,(H,25,29)(H,26,27)/t11-,16+/m0/s1. The minimum absolute atomic E-state index is 0.129. The van der Waals surface area contributed by atoms with Gasteiger partial charge in [0.2, 0.25) is 5.13 Å². The van der Waals surface area contributed by atoms with Crippen molar-refractivity contribution in [2.45, 2.75) is 25.1 Å². The van der Waals surface area contributed by atoms with Crippen molar-refractivity contribution in [2.75, 3.05) is 11.9 Å². The SMILES string of the molecule is C[C@@H](c1ccc(C(F)(F)F)cc1)[C@H](N)CNc1nnc(-c2ccc3[nH]ncc3c2)s1. The number of alkyl halides is 3. The predicted molar refractivity (Wildman–Crippen MR) is 111 cm³/mol. The van der Waals surface area contributed by atoms with E-state index in [1.54, 1.807) is 6.20 Å². The van der Waals surface area contributed by atoms with Crippen LogP contribution in [0.15, 0.2) is 48.7 Å². The van der Waals surface area contributed by atoms with Crippen molar-refractivity contribution in [1.29, 1.82) is 0 Å². The number of aromatic amines is 1. The summed E-state index contributed by atoms with van der Waals surface area (Å²) in [5.74, 6) is -0.129. The summed E-state index contributed by atoms with van der Waals surface area (Å²) in [7, 11) is 0. The number of anilines is 1. The Labute approximate surface area is 174 Å². The molecule has 0 aliphatic heterocycles. The van der Waals surface area contributed by atoms with E-state index in [9.17, 15) is 13.2 Å². The van der Waals surface area contributed by atoms with Gasteiger partial charge in [0.15, 0.2) is 0 Å². The Hall–Kier alpha value is -2.98. The second kappa shape index (κ2) is 8.04. The van der Waals surface area contributed by atoms with Crippen molar-refractivity contribution >= 4 is 27.4 Å². The molecule has 0 spiro atoms. The molecule has 10 heteroatoms. The minimum atomic E-state index is -4.34. The molecule has 0 saturated carbocycles. The van der Waals surface area contributed by atoms with Gasteiger partial charge in [0.25, 0.3) is 0 Å². The molecule has 4 aromatic rings. The lowest BCUT2D eigenvalue weighted by atomic mass is 9.93. The molecule has 0 aliphatic rings. The normalized spacial score (nSPS) is 14.0. The maximum atomic E-state index is 12.7. The molecule has 2 heterocycles. The maximum Gasteiger partial charge on any atom is 0.416 e. The number of fused-ring (bicyclic) bond motifs is 1. The smallest absolute Gasteiger partial charge is 0.358 e. The Morgan fingerprint density at radius 2 is 1.90 bits per heavy atom. The van der Waals surface area contributed by atoms with E-state index in [4.69, 9.17) is 5.73 Å². The summed E-state index contributed by atoms with van der Waals surface area (Å²) in [5, 5.41) is 20.9. The lowest BCUT2D eigenvalue weighted by molar-refractivity contribution is -0.137. The molecule has 30 heavy (non-hydrogen) atoms. The van der Waals surface area contributed by atoms with E-state index in [2.05, 4.69) is 25.7 Å². The van der Waals surface area contributed by atoms with Gasteiger partial charge in [-0.05, 0) is 41.8 Å². The van der Waals surface area contributed by atoms with Crippen molar-refractivity contribution in [1.82, 2.24) is 20.4 Å². The second-order valence-corrected chi connectivity index (χ2v) is 8.02. The van der Waals surface area contributed by atoms with Gasteiger partial charge in [-0.1, -0.05) is 30.4 Å². The third-order valence-electron chi connectivity index (χ3n) is 5.01. The third-order valence-corrected chi connectivity index (χ3v) is 5.94. The molecule has 0 unspecified atom stereocenters. The van der Waals surface area contributed by atoms with Crippen molar-refractivity contribution in [3.63, 3.8) is 0 Å². The minimum Gasteiger partial charge on any atom is -0.358 e. The Bertz CT molecular complexity index is 1140. The van der Waals surface area contributed by atoms with E-state index in [-0.39, 0.29) is 12.0 Å². The number of aromatic nitrogens is 4. The van der Waals surface area contributed by atoms with Crippen LogP contribution < -0.4 is 11.1 Å². The van der Waals surface area contributed by atoms with Crippen molar-refractivity contribution in [2.24, 2.45) is 5.73 Å². The average molecular weight is 432 g/mol. The van der Waals surface area contributed by atoms with Gasteiger partial charge in [-0.3, -0.25) is 5.10 Å². The summed E-state index contributed by atoms with van der Waals surface area (Å²) in [5.41, 5.74) is 8.23. The van der Waals surface area contributed by atoms with Gasteiger partial charge in [-0.2, -0.15) is 18.3 Å². The molecule has 0 saturated heterocycles. The highest BCUT2D eigenvalue weighted by Crippen LogP contribution is 2.31. The van der Waals surface area contributed by atoms with E-state index < -0.39 is 11.7 Å². The van der Waals surface area contributed by atoms with E-state index in [0.717, 1.165) is 39.2 Å². The topological polar surface area (TPSA) is 92.5 Å². The molecule has 0 aliphatic carbocycles. The van der Waals surface area contributed by atoms with Crippen LogP contribution in [0.4, 0.5) is 18.3 Å². The average Bonchev–Trinajstić information content (AvgIpc) is 3.39. The summed E-state index contributed by atoms with van der Waals surface area (Å²) in [4.78, 5) is 0. The highest BCUT2D eigenvalue weighted by molar-refractivity contribution is 7.18. The molecule has 0 radical (unpaired) electrons. The van der Waals surface area contributed by atoms with Crippen LogP contribution in [0.25, 0.3) is 21.5 Å². The van der Waals surface area contributed by atoms with Crippen LogP contribution in [0, 0.1) is 0 Å². The first-order valence-electron chi connectivity index (χ1n) is 9.25. The fraction of sp³-hybridized carbons (Fsp3) is 0.250. The van der Waals surface area contributed by atoms with Crippen molar-refractivity contribution in [3.05, 3.63) is 59.8 Å². The van der Waals surface area contributed by atoms with Gasteiger partial charge < -0.3 is 11.1 Å². The fourth-order valence-electron chi connectivity index (χ4n) is 3.09. The van der Waals surface area contributed by atoms with E-state index in [1.807, 2.05) is 25.1 Å². The number of nitrogens with two attached hydrogens (primary N) is 1. The van der Waals surface area contributed by atoms with Gasteiger partial charge in [0.05, 0.1) is 17.3 Å². The first-order valence-corrected chi connectivity index (χ1v) is 10.1. The van der Waals surface area contributed by atoms with E-state index >= 15 is 0 Å². The number of benzene rings is 2. The monoisotopic (exact) mass is 432 g/mol. The molecule has 0 fully saturated rings. The quantitative estimate of drug-likeness (QED) is 0.413. The summed E-state index contributed by atoms with van der Waals surface area (Å²) < 4.78 is 38.2.